The Morgan fingerprint density at radius 2 is 2.06 bits per heavy atom. The lowest BCUT2D eigenvalue weighted by Gasteiger charge is -2.29. The smallest absolute Gasteiger partial charge is 0.308 e. The van der Waals surface area contributed by atoms with Gasteiger partial charge in [0.15, 0.2) is 12.7 Å². The second-order valence-electron chi connectivity index (χ2n) is 6.60. The highest BCUT2D eigenvalue weighted by atomic mass is 19.1. The number of carbonyl (C=O) groups excluding carboxylic acids is 3. The maximum atomic E-state index is 13.4. The van der Waals surface area contributed by atoms with Crippen molar-refractivity contribution in [2.75, 3.05) is 23.4 Å². The van der Waals surface area contributed by atoms with E-state index in [4.69, 9.17) is 9.47 Å². The first-order valence-corrected chi connectivity index (χ1v) is 9.22. The summed E-state index contributed by atoms with van der Waals surface area (Å²) in [5.41, 5.74) is -0.273. The number of fused-ring (bicyclic) bond motifs is 1. The maximum Gasteiger partial charge on any atom is 0.308 e. The molecule has 1 unspecified atom stereocenters. The summed E-state index contributed by atoms with van der Waals surface area (Å²) in [5.74, 6) is -2.29. The van der Waals surface area contributed by atoms with Gasteiger partial charge in [0.2, 0.25) is 5.82 Å². The molecule has 0 radical (unpaired) electrons. The molecule has 1 aliphatic rings. The topological polar surface area (TPSA) is 128 Å². The summed E-state index contributed by atoms with van der Waals surface area (Å²) in [4.78, 5) is 47.7. The standard InChI is InChI=1S/C20H18FN3O7/c1-12(20(27)22-13-6-7-14(21)16(10-13)24(28)29)31-19(26)8-9-23-15-4-2-3-5-17(15)30-11-18(23)25/h2-7,10,12H,8-9,11H2,1H3,(H,22,27). The van der Waals surface area contributed by atoms with E-state index in [1.165, 1.54) is 11.8 Å². The zero-order valence-electron chi connectivity index (χ0n) is 16.4. The summed E-state index contributed by atoms with van der Waals surface area (Å²) in [7, 11) is 0. The predicted octanol–water partition coefficient (Wildman–Crippen LogP) is 2.42. The molecule has 1 atom stereocenters. The molecule has 1 heterocycles. The number of para-hydroxylation sites is 2. The summed E-state index contributed by atoms with van der Waals surface area (Å²) in [5, 5.41) is 13.1. The van der Waals surface area contributed by atoms with Gasteiger partial charge in [0, 0.05) is 18.3 Å². The van der Waals surface area contributed by atoms with E-state index in [-0.39, 0.29) is 31.2 Å². The number of benzene rings is 2. The van der Waals surface area contributed by atoms with Gasteiger partial charge >= 0.3 is 11.7 Å². The zero-order valence-corrected chi connectivity index (χ0v) is 16.4. The molecule has 31 heavy (non-hydrogen) atoms. The number of nitrogens with one attached hydrogen (secondary N) is 1. The summed E-state index contributed by atoms with van der Waals surface area (Å²) >= 11 is 0. The summed E-state index contributed by atoms with van der Waals surface area (Å²) in [6.07, 6.45) is -1.39. The second kappa shape index (κ2) is 9.20. The molecule has 0 bridgehead atoms. The van der Waals surface area contributed by atoms with Crippen molar-refractivity contribution >= 4 is 34.8 Å². The first kappa shape index (κ1) is 21.7. The van der Waals surface area contributed by atoms with Crippen LogP contribution in [0.25, 0.3) is 0 Å². The number of hydrogen-bond acceptors (Lipinski definition) is 7. The van der Waals surface area contributed by atoms with E-state index in [2.05, 4.69) is 5.32 Å². The minimum Gasteiger partial charge on any atom is -0.482 e. The average molecular weight is 431 g/mol. The van der Waals surface area contributed by atoms with E-state index < -0.39 is 34.4 Å². The Bertz CT molecular complexity index is 1040. The van der Waals surface area contributed by atoms with Crippen molar-refractivity contribution in [1.29, 1.82) is 0 Å². The van der Waals surface area contributed by atoms with Gasteiger partial charge in [0.05, 0.1) is 17.0 Å². The predicted molar refractivity (Wildman–Crippen MR) is 106 cm³/mol. The SMILES string of the molecule is CC(OC(=O)CCN1C(=O)COc2ccccc21)C(=O)Nc1ccc(F)c([N+](=O)[O-])c1. The van der Waals surface area contributed by atoms with Gasteiger partial charge in [0.25, 0.3) is 11.8 Å². The molecular weight excluding hydrogens is 413 g/mol. The van der Waals surface area contributed by atoms with Gasteiger partial charge in [-0.05, 0) is 31.2 Å². The van der Waals surface area contributed by atoms with Crippen LogP contribution in [0.5, 0.6) is 5.75 Å². The van der Waals surface area contributed by atoms with Crippen LogP contribution in [-0.2, 0) is 19.1 Å². The highest BCUT2D eigenvalue weighted by molar-refractivity contribution is 5.98. The Balaban J connectivity index is 1.55. The van der Waals surface area contributed by atoms with Gasteiger partial charge in [-0.2, -0.15) is 4.39 Å². The lowest BCUT2D eigenvalue weighted by atomic mass is 10.2. The van der Waals surface area contributed by atoms with Crippen molar-refractivity contribution in [3.05, 3.63) is 58.4 Å². The fraction of sp³-hybridized carbons (Fsp3) is 0.250. The Morgan fingerprint density at radius 3 is 2.81 bits per heavy atom. The number of carbonyl (C=O) groups is 3. The maximum absolute atomic E-state index is 13.4. The Labute approximate surface area is 175 Å². The molecule has 3 rings (SSSR count). The van der Waals surface area contributed by atoms with E-state index in [1.54, 1.807) is 24.3 Å². The van der Waals surface area contributed by atoms with E-state index in [0.717, 1.165) is 18.2 Å². The van der Waals surface area contributed by atoms with Crippen LogP contribution in [0.4, 0.5) is 21.5 Å². The fourth-order valence-corrected chi connectivity index (χ4v) is 2.89. The molecule has 1 aliphatic heterocycles. The molecule has 2 amide bonds. The Morgan fingerprint density at radius 1 is 1.32 bits per heavy atom. The highest BCUT2D eigenvalue weighted by Gasteiger charge is 2.26. The molecule has 0 aliphatic carbocycles. The van der Waals surface area contributed by atoms with Gasteiger partial charge in [-0.1, -0.05) is 12.1 Å². The van der Waals surface area contributed by atoms with Crippen LogP contribution in [0, 0.1) is 15.9 Å². The number of esters is 1. The minimum atomic E-state index is -1.22. The summed E-state index contributed by atoms with van der Waals surface area (Å²) in [6.45, 7) is 1.21. The van der Waals surface area contributed by atoms with Crippen molar-refractivity contribution < 1.29 is 33.2 Å². The number of anilines is 2. The molecule has 0 aromatic heterocycles. The molecule has 11 heteroatoms. The molecular formula is C20H18FN3O7. The molecule has 0 saturated heterocycles. The van der Waals surface area contributed by atoms with Crippen LogP contribution in [0.15, 0.2) is 42.5 Å². The molecule has 0 spiro atoms. The lowest BCUT2D eigenvalue weighted by molar-refractivity contribution is -0.387. The van der Waals surface area contributed by atoms with E-state index in [1.807, 2.05) is 0 Å². The summed E-state index contributed by atoms with van der Waals surface area (Å²) in [6, 6.07) is 9.76. The molecule has 2 aromatic rings. The molecule has 162 valence electrons. The third-order valence-corrected chi connectivity index (χ3v) is 4.44. The van der Waals surface area contributed by atoms with Crippen molar-refractivity contribution in [2.24, 2.45) is 0 Å². The molecule has 1 N–H and O–H groups in total. The van der Waals surface area contributed by atoms with Crippen molar-refractivity contribution in [2.45, 2.75) is 19.4 Å². The third kappa shape index (κ3) is 5.13. The summed E-state index contributed by atoms with van der Waals surface area (Å²) < 4.78 is 23.8. The van der Waals surface area contributed by atoms with Crippen molar-refractivity contribution in [3.63, 3.8) is 0 Å². The first-order valence-electron chi connectivity index (χ1n) is 9.22. The van der Waals surface area contributed by atoms with Crippen molar-refractivity contribution in [1.82, 2.24) is 0 Å². The molecule has 2 aromatic carbocycles. The Kier molecular flexibility index (Phi) is 6.43. The van der Waals surface area contributed by atoms with Crippen LogP contribution >= 0.6 is 0 Å². The van der Waals surface area contributed by atoms with Gasteiger partial charge < -0.3 is 19.7 Å². The number of nitrogens with zero attached hydrogens (tertiary/aromatic N) is 2. The van der Waals surface area contributed by atoms with Gasteiger partial charge in [-0.25, -0.2) is 0 Å². The number of ether oxygens (including phenoxy) is 2. The number of nitro groups is 1. The van der Waals surface area contributed by atoms with Crippen LogP contribution in [0.2, 0.25) is 0 Å². The van der Waals surface area contributed by atoms with Crippen LogP contribution in [-0.4, -0.2) is 42.0 Å². The number of amides is 2. The number of hydrogen-bond donors (Lipinski definition) is 1. The molecule has 0 fully saturated rings. The van der Waals surface area contributed by atoms with E-state index in [0.29, 0.717) is 11.4 Å². The van der Waals surface area contributed by atoms with E-state index in [9.17, 15) is 28.9 Å². The second-order valence-corrected chi connectivity index (χ2v) is 6.60. The van der Waals surface area contributed by atoms with Crippen LogP contribution < -0.4 is 15.0 Å². The number of nitro benzene ring substituents is 1. The van der Waals surface area contributed by atoms with Crippen LogP contribution in [0.1, 0.15) is 13.3 Å². The van der Waals surface area contributed by atoms with Crippen molar-refractivity contribution in [3.8, 4) is 5.75 Å². The normalized spacial score (nSPS) is 13.6. The number of rotatable bonds is 7. The van der Waals surface area contributed by atoms with Gasteiger partial charge in [-0.15, -0.1) is 0 Å². The molecule has 10 nitrogen and oxygen atoms in total. The third-order valence-electron chi connectivity index (χ3n) is 4.44. The van der Waals surface area contributed by atoms with E-state index >= 15 is 0 Å². The highest BCUT2D eigenvalue weighted by Crippen LogP contribution is 2.31. The van der Waals surface area contributed by atoms with Gasteiger partial charge in [-0.3, -0.25) is 24.5 Å². The largest absolute Gasteiger partial charge is 0.482 e. The first-order chi connectivity index (χ1) is 14.8. The quantitative estimate of drug-likeness (QED) is 0.405. The average Bonchev–Trinajstić information content (AvgIpc) is 2.74. The lowest BCUT2D eigenvalue weighted by Crippen LogP contribution is -2.40. The molecule has 0 saturated carbocycles. The fourth-order valence-electron chi connectivity index (χ4n) is 2.89. The zero-order chi connectivity index (χ0) is 22.5. The number of halogens is 1. The Hall–Kier alpha value is -4.02. The minimum absolute atomic E-state index is 0.0171. The monoisotopic (exact) mass is 431 g/mol. The van der Waals surface area contributed by atoms with Crippen LogP contribution in [0.3, 0.4) is 0 Å². The van der Waals surface area contributed by atoms with Gasteiger partial charge in [0.1, 0.15) is 5.75 Å².